The molecule has 6 aromatic carbocycles. The third kappa shape index (κ3) is 4.72. The van der Waals surface area contributed by atoms with Crippen LogP contribution in [0.25, 0.3) is 81.6 Å². The first kappa shape index (κ1) is 28.9. The molecule has 3 aromatic heterocycles. The van der Waals surface area contributed by atoms with Gasteiger partial charge >= 0.3 is 0 Å². The quantitative estimate of drug-likeness (QED) is 0.184. The summed E-state index contributed by atoms with van der Waals surface area (Å²) >= 11 is 1.78. The second kappa shape index (κ2) is 11.8. The molecule has 50 heavy (non-hydrogen) atoms. The van der Waals surface area contributed by atoms with Crippen molar-refractivity contribution in [2.45, 2.75) is 12.8 Å². The van der Waals surface area contributed by atoms with Crippen molar-refractivity contribution >= 4 is 64.6 Å². The van der Waals surface area contributed by atoms with Crippen LogP contribution < -0.4 is 0 Å². The van der Waals surface area contributed by atoms with E-state index in [2.05, 4.69) is 162 Å². The Morgan fingerprint density at radius 1 is 0.580 bits per heavy atom. The average Bonchev–Trinajstić information content (AvgIpc) is 3.74. The molecule has 0 bridgehead atoms. The topological polar surface area (TPSA) is 30.7 Å². The van der Waals surface area contributed by atoms with Gasteiger partial charge in [-0.05, 0) is 71.5 Å². The molecule has 0 atom stereocenters. The van der Waals surface area contributed by atoms with Gasteiger partial charge in [-0.2, -0.15) is 0 Å². The molecule has 0 fully saturated rings. The number of benzene rings is 6. The highest BCUT2D eigenvalue weighted by Crippen LogP contribution is 2.43. The molecule has 0 amide bonds. The minimum Gasteiger partial charge on any atom is -0.309 e. The van der Waals surface area contributed by atoms with Crippen LogP contribution in [0.3, 0.4) is 0 Å². The van der Waals surface area contributed by atoms with Crippen LogP contribution in [0.2, 0.25) is 0 Å². The minimum absolute atomic E-state index is 0.756. The lowest BCUT2D eigenvalue weighted by Gasteiger charge is -2.16. The SMILES string of the molecule is C1=C(c2ccc3sc4c(-c5ccccc5)nc(-c5ccccc5)nc4c3c2)CCC=C1c1cccc2c1c1ccccc1n2-c1ccccc1. The van der Waals surface area contributed by atoms with E-state index in [1.807, 2.05) is 6.07 Å². The average molecular weight is 658 g/mol. The summed E-state index contributed by atoms with van der Waals surface area (Å²) in [6.45, 7) is 0. The largest absolute Gasteiger partial charge is 0.309 e. The van der Waals surface area contributed by atoms with E-state index < -0.39 is 0 Å². The number of fused-ring (bicyclic) bond motifs is 6. The van der Waals surface area contributed by atoms with Crippen molar-refractivity contribution in [3.63, 3.8) is 0 Å². The molecule has 236 valence electrons. The maximum Gasteiger partial charge on any atom is 0.160 e. The Labute approximate surface area is 294 Å². The zero-order valence-electron chi connectivity index (χ0n) is 27.3. The Morgan fingerprint density at radius 2 is 1.30 bits per heavy atom. The molecule has 0 saturated heterocycles. The molecule has 0 N–H and O–H groups in total. The Morgan fingerprint density at radius 3 is 2.12 bits per heavy atom. The van der Waals surface area contributed by atoms with Gasteiger partial charge in [0.15, 0.2) is 5.82 Å². The maximum atomic E-state index is 5.23. The first-order valence-corrected chi connectivity index (χ1v) is 18.0. The number of aromatic nitrogens is 3. The Hall–Kier alpha value is -6.10. The molecule has 1 aliphatic carbocycles. The molecule has 0 saturated carbocycles. The number of nitrogens with zero attached hydrogens (tertiary/aromatic N) is 3. The van der Waals surface area contributed by atoms with Crippen molar-refractivity contribution in [1.82, 2.24) is 14.5 Å². The fraction of sp³-hybridized carbons (Fsp3) is 0.0435. The van der Waals surface area contributed by atoms with Gasteiger partial charge in [0.1, 0.15) is 0 Å². The lowest BCUT2D eigenvalue weighted by Crippen LogP contribution is -1.95. The van der Waals surface area contributed by atoms with Crippen molar-refractivity contribution in [3.05, 3.63) is 175 Å². The van der Waals surface area contributed by atoms with Crippen LogP contribution in [0, 0.1) is 0 Å². The summed E-state index contributed by atoms with van der Waals surface area (Å²) in [5.74, 6) is 0.756. The summed E-state index contributed by atoms with van der Waals surface area (Å²) in [5.41, 5.74) is 12.9. The molecule has 1 aliphatic rings. The van der Waals surface area contributed by atoms with Crippen LogP contribution >= 0.6 is 11.3 Å². The summed E-state index contributed by atoms with van der Waals surface area (Å²) in [6.07, 6.45) is 6.83. The first-order chi connectivity index (χ1) is 24.8. The second-order valence-corrected chi connectivity index (χ2v) is 13.9. The molecular weight excluding hydrogens is 627 g/mol. The van der Waals surface area contributed by atoms with Gasteiger partial charge in [-0.3, -0.25) is 0 Å². The predicted octanol–water partition coefficient (Wildman–Crippen LogP) is 12.5. The van der Waals surface area contributed by atoms with Crippen LogP contribution in [0.4, 0.5) is 0 Å². The van der Waals surface area contributed by atoms with Crippen molar-refractivity contribution in [3.8, 4) is 28.3 Å². The molecule has 0 unspecified atom stereocenters. The molecule has 3 nitrogen and oxygen atoms in total. The van der Waals surface area contributed by atoms with Gasteiger partial charge in [-0.15, -0.1) is 11.3 Å². The van der Waals surface area contributed by atoms with Crippen LogP contribution in [0.15, 0.2) is 164 Å². The number of hydrogen-bond acceptors (Lipinski definition) is 3. The van der Waals surface area contributed by atoms with Gasteiger partial charge in [0.2, 0.25) is 0 Å². The van der Waals surface area contributed by atoms with E-state index in [-0.39, 0.29) is 0 Å². The highest BCUT2D eigenvalue weighted by Gasteiger charge is 2.20. The Balaban J connectivity index is 1.13. The normalized spacial score (nSPS) is 13.3. The van der Waals surface area contributed by atoms with Crippen molar-refractivity contribution in [2.24, 2.45) is 0 Å². The van der Waals surface area contributed by atoms with E-state index in [9.17, 15) is 0 Å². The molecule has 0 aliphatic heterocycles. The van der Waals surface area contributed by atoms with Gasteiger partial charge in [0.05, 0.1) is 26.9 Å². The van der Waals surface area contributed by atoms with Crippen molar-refractivity contribution in [1.29, 1.82) is 0 Å². The fourth-order valence-corrected chi connectivity index (χ4v) is 8.72. The highest BCUT2D eigenvalue weighted by atomic mass is 32.1. The fourth-order valence-electron chi connectivity index (χ4n) is 7.58. The van der Waals surface area contributed by atoms with Crippen LogP contribution in [0.5, 0.6) is 0 Å². The van der Waals surface area contributed by atoms with Gasteiger partial charge in [0, 0.05) is 37.7 Å². The number of hydrogen-bond donors (Lipinski definition) is 0. The Bertz CT molecular complexity index is 2790. The molecule has 10 rings (SSSR count). The zero-order valence-corrected chi connectivity index (χ0v) is 28.1. The van der Waals surface area contributed by atoms with E-state index in [1.54, 1.807) is 11.3 Å². The molecule has 0 radical (unpaired) electrons. The third-order valence-corrected chi connectivity index (χ3v) is 11.1. The lowest BCUT2D eigenvalue weighted by atomic mass is 9.89. The number of rotatable bonds is 5. The van der Waals surface area contributed by atoms with Gasteiger partial charge in [0.25, 0.3) is 0 Å². The first-order valence-electron chi connectivity index (χ1n) is 17.1. The standard InChI is InChI=1S/C46H31N3S/c1-4-14-30(15-5-1)43-45-44(48-46(47-43)31-16-6-2-7-17-31)38-29-33(26-27-41(38)50-45)32-18-12-19-34(28-32)36-23-13-25-40-42(36)37-22-10-11-24-39(37)49(40)35-20-8-3-9-21-35/h1-11,13-17,19-29H,12,18H2. The summed E-state index contributed by atoms with van der Waals surface area (Å²) in [4.78, 5) is 10.4. The van der Waals surface area contributed by atoms with Crippen molar-refractivity contribution in [2.75, 3.05) is 0 Å². The summed E-state index contributed by atoms with van der Waals surface area (Å²) < 4.78 is 4.75. The van der Waals surface area contributed by atoms with Crippen LogP contribution in [-0.2, 0) is 0 Å². The summed E-state index contributed by atoms with van der Waals surface area (Å²) in [6, 6.07) is 54.0. The number of allylic oxidation sites excluding steroid dienone is 4. The van der Waals surface area contributed by atoms with Gasteiger partial charge in [-0.1, -0.05) is 127 Å². The molecule has 3 heterocycles. The lowest BCUT2D eigenvalue weighted by molar-refractivity contribution is 1.06. The number of para-hydroxylation sites is 2. The molecule has 9 aromatic rings. The molecular formula is C46H31N3S. The van der Waals surface area contributed by atoms with E-state index >= 15 is 0 Å². The van der Waals surface area contributed by atoms with E-state index in [4.69, 9.17) is 9.97 Å². The monoisotopic (exact) mass is 657 g/mol. The second-order valence-electron chi connectivity index (χ2n) is 12.9. The third-order valence-electron chi connectivity index (χ3n) is 9.89. The van der Waals surface area contributed by atoms with E-state index in [1.165, 1.54) is 59.9 Å². The zero-order chi connectivity index (χ0) is 33.0. The van der Waals surface area contributed by atoms with Gasteiger partial charge in [-0.25, -0.2) is 9.97 Å². The van der Waals surface area contributed by atoms with E-state index in [0.717, 1.165) is 45.7 Å². The predicted molar refractivity (Wildman–Crippen MR) is 212 cm³/mol. The summed E-state index contributed by atoms with van der Waals surface area (Å²) in [7, 11) is 0. The van der Waals surface area contributed by atoms with Crippen LogP contribution in [0.1, 0.15) is 24.0 Å². The minimum atomic E-state index is 0.756. The van der Waals surface area contributed by atoms with Gasteiger partial charge < -0.3 is 4.57 Å². The maximum absolute atomic E-state index is 5.23. The highest BCUT2D eigenvalue weighted by molar-refractivity contribution is 7.26. The number of thiophene rings is 1. The molecule has 0 spiro atoms. The smallest absolute Gasteiger partial charge is 0.160 e. The summed E-state index contributed by atoms with van der Waals surface area (Å²) in [5, 5.41) is 3.76. The molecule has 4 heteroatoms. The van der Waals surface area contributed by atoms with Crippen LogP contribution in [-0.4, -0.2) is 14.5 Å². The van der Waals surface area contributed by atoms with Crippen molar-refractivity contribution < 1.29 is 0 Å². The van der Waals surface area contributed by atoms with E-state index in [0.29, 0.717) is 0 Å². The Kier molecular flexibility index (Phi) is 6.81.